The summed E-state index contributed by atoms with van der Waals surface area (Å²) in [6, 6.07) is 11.0. The van der Waals surface area contributed by atoms with Gasteiger partial charge in [0.1, 0.15) is 0 Å². The quantitative estimate of drug-likeness (QED) is 0.796. The summed E-state index contributed by atoms with van der Waals surface area (Å²) in [5.41, 5.74) is 1.34. The van der Waals surface area contributed by atoms with Gasteiger partial charge in [-0.05, 0) is 31.4 Å². The second kappa shape index (κ2) is 6.45. The highest BCUT2D eigenvalue weighted by Crippen LogP contribution is 2.32. The average molecular weight is 290 g/mol. The molecule has 0 radical (unpaired) electrons. The first-order valence-corrected chi connectivity index (χ1v) is 7.64. The molecular weight excluding hydrogens is 268 g/mol. The summed E-state index contributed by atoms with van der Waals surface area (Å²) in [6.07, 6.45) is 0.576. The van der Waals surface area contributed by atoms with Crippen LogP contribution in [0.5, 0.6) is 0 Å². The molecule has 0 N–H and O–H groups in total. The van der Waals surface area contributed by atoms with E-state index in [1.165, 1.54) is 12.0 Å². The molecule has 0 aliphatic carbocycles. The van der Waals surface area contributed by atoms with Gasteiger partial charge >= 0.3 is 6.16 Å². The maximum atomic E-state index is 11.4. The van der Waals surface area contributed by atoms with Gasteiger partial charge < -0.3 is 9.57 Å². The molecule has 2 aliphatic heterocycles. The van der Waals surface area contributed by atoms with Crippen molar-refractivity contribution in [3.8, 4) is 0 Å². The zero-order valence-electron chi connectivity index (χ0n) is 12.4. The smallest absolute Gasteiger partial charge is 0.433 e. The Morgan fingerprint density at radius 3 is 2.86 bits per heavy atom. The van der Waals surface area contributed by atoms with Gasteiger partial charge in [-0.15, -0.1) is 5.06 Å². The lowest BCUT2D eigenvalue weighted by Gasteiger charge is -2.24. The Bertz CT molecular complexity index is 480. The molecule has 1 aromatic rings. The monoisotopic (exact) mass is 290 g/mol. The molecule has 3 rings (SSSR count). The van der Waals surface area contributed by atoms with Crippen LogP contribution in [0.15, 0.2) is 30.3 Å². The van der Waals surface area contributed by atoms with Gasteiger partial charge in [0.05, 0.1) is 13.2 Å². The molecule has 0 aromatic heterocycles. The van der Waals surface area contributed by atoms with Crippen LogP contribution >= 0.6 is 0 Å². The van der Waals surface area contributed by atoms with E-state index in [0.717, 1.165) is 26.2 Å². The lowest BCUT2D eigenvalue weighted by Crippen LogP contribution is -2.35. The van der Waals surface area contributed by atoms with Crippen molar-refractivity contribution in [2.24, 2.45) is 5.92 Å². The van der Waals surface area contributed by atoms with Gasteiger partial charge in [-0.1, -0.05) is 30.3 Å². The van der Waals surface area contributed by atoms with E-state index in [0.29, 0.717) is 18.6 Å². The van der Waals surface area contributed by atoms with Crippen molar-refractivity contribution in [2.45, 2.75) is 25.9 Å². The van der Waals surface area contributed by atoms with Gasteiger partial charge in [0, 0.05) is 19.1 Å². The summed E-state index contributed by atoms with van der Waals surface area (Å²) in [6.45, 7) is 5.80. The molecule has 0 spiro atoms. The van der Waals surface area contributed by atoms with Crippen LogP contribution in [-0.2, 0) is 16.1 Å². The zero-order chi connectivity index (χ0) is 14.7. The molecule has 21 heavy (non-hydrogen) atoms. The van der Waals surface area contributed by atoms with E-state index in [4.69, 9.17) is 9.57 Å². The molecule has 2 unspecified atom stereocenters. The van der Waals surface area contributed by atoms with Gasteiger partial charge in [-0.25, -0.2) is 4.79 Å². The van der Waals surface area contributed by atoms with Crippen molar-refractivity contribution in [3.05, 3.63) is 35.9 Å². The SMILES string of the molecule is CCOC(=O)ON1CC2CCN(Cc3ccccc3)C2C1. The van der Waals surface area contributed by atoms with Crippen molar-refractivity contribution in [2.75, 3.05) is 26.2 Å². The molecule has 114 valence electrons. The van der Waals surface area contributed by atoms with Gasteiger partial charge in [-0.3, -0.25) is 4.90 Å². The predicted octanol–water partition coefficient (Wildman–Crippen LogP) is 2.28. The Morgan fingerprint density at radius 1 is 1.29 bits per heavy atom. The summed E-state index contributed by atoms with van der Waals surface area (Å²) >= 11 is 0. The molecule has 2 saturated heterocycles. The first kappa shape index (κ1) is 14.4. The maximum absolute atomic E-state index is 11.4. The summed E-state index contributed by atoms with van der Waals surface area (Å²) in [4.78, 5) is 19.1. The van der Waals surface area contributed by atoms with Crippen LogP contribution in [0.1, 0.15) is 18.9 Å². The number of likely N-dealkylation sites (tertiary alicyclic amines) is 1. The number of carbonyl (C=O) groups excluding carboxylic acids is 1. The van der Waals surface area contributed by atoms with E-state index in [2.05, 4.69) is 29.2 Å². The molecule has 5 heteroatoms. The Labute approximate surface area is 125 Å². The fourth-order valence-electron chi connectivity index (χ4n) is 3.35. The largest absolute Gasteiger partial charge is 0.527 e. The molecule has 2 atom stereocenters. The molecule has 2 fully saturated rings. The van der Waals surface area contributed by atoms with Crippen molar-refractivity contribution in [3.63, 3.8) is 0 Å². The Balaban J connectivity index is 1.55. The Morgan fingerprint density at radius 2 is 2.10 bits per heavy atom. The number of nitrogens with zero attached hydrogens (tertiary/aromatic N) is 2. The van der Waals surface area contributed by atoms with Gasteiger partial charge in [0.25, 0.3) is 0 Å². The highest BCUT2D eigenvalue weighted by molar-refractivity contribution is 5.59. The maximum Gasteiger partial charge on any atom is 0.527 e. The van der Waals surface area contributed by atoms with E-state index >= 15 is 0 Å². The minimum Gasteiger partial charge on any atom is -0.433 e. The molecule has 0 bridgehead atoms. The Hall–Kier alpha value is -1.59. The van der Waals surface area contributed by atoms with Gasteiger partial charge in [0.2, 0.25) is 0 Å². The van der Waals surface area contributed by atoms with E-state index in [-0.39, 0.29) is 0 Å². The van der Waals surface area contributed by atoms with Crippen molar-refractivity contribution < 1.29 is 14.4 Å². The van der Waals surface area contributed by atoms with Crippen LogP contribution in [0.4, 0.5) is 4.79 Å². The standard InChI is InChI=1S/C16H22N2O3/c1-2-20-16(19)21-18-11-14-8-9-17(15(14)12-18)10-13-6-4-3-5-7-13/h3-7,14-15H,2,8-12H2,1H3. The van der Waals surface area contributed by atoms with Gasteiger partial charge in [0.15, 0.2) is 0 Å². The summed E-state index contributed by atoms with van der Waals surface area (Å²) in [7, 11) is 0. The molecule has 2 aliphatic rings. The van der Waals surface area contributed by atoms with E-state index < -0.39 is 6.16 Å². The molecule has 0 amide bonds. The minimum absolute atomic E-state index is 0.347. The third-order valence-corrected chi connectivity index (χ3v) is 4.32. The molecule has 5 nitrogen and oxygen atoms in total. The number of rotatable bonds is 4. The van der Waals surface area contributed by atoms with Crippen LogP contribution in [0.3, 0.4) is 0 Å². The zero-order valence-corrected chi connectivity index (χ0v) is 12.4. The van der Waals surface area contributed by atoms with Crippen LogP contribution in [-0.4, -0.2) is 48.4 Å². The molecular formula is C16H22N2O3. The minimum atomic E-state index is -0.591. The summed E-state index contributed by atoms with van der Waals surface area (Å²) in [5, 5.41) is 1.75. The number of carbonyl (C=O) groups is 1. The normalized spacial score (nSPS) is 25.8. The van der Waals surface area contributed by atoms with E-state index in [1.54, 1.807) is 12.0 Å². The second-order valence-corrected chi connectivity index (χ2v) is 5.69. The fourth-order valence-corrected chi connectivity index (χ4v) is 3.35. The first-order chi connectivity index (χ1) is 10.3. The fraction of sp³-hybridized carbons (Fsp3) is 0.562. The molecule has 0 saturated carbocycles. The lowest BCUT2D eigenvalue weighted by atomic mass is 10.1. The van der Waals surface area contributed by atoms with Crippen LogP contribution in [0.2, 0.25) is 0 Å². The van der Waals surface area contributed by atoms with Crippen LogP contribution < -0.4 is 0 Å². The molecule has 1 aromatic carbocycles. The topological polar surface area (TPSA) is 42.0 Å². The third kappa shape index (κ3) is 3.36. The lowest BCUT2D eigenvalue weighted by molar-refractivity contribution is -0.117. The van der Waals surface area contributed by atoms with Crippen molar-refractivity contribution in [1.82, 2.24) is 9.96 Å². The first-order valence-electron chi connectivity index (χ1n) is 7.64. The van der Waals surface area contributed by atoms with E-state index in [1.807, 2.05) is 6.07 Å². The van der Waals surface area contributed by atoms with Crippen LogP contribution in [0.25, 0.3) is 0 Å². The number of ether oxygens (including phenoxy) is 1. The van der Waals surface area contributed by atoms with Crippen molar-refractivity contribution >= 4 is 6.16 Å². The Kier molecular flexibility index (Phi) is 4.41. The van der Waals surface area contributed by atoms with Crippen molar-refractivity contribution in [1.29, 1.82) is 0 Å². The summed E-state index contributed by atoms with van der Waals surface area (Å²) in [5.74, 6) is 0.586. The second-order valence-electron chi connectivity index (χ2n) is 5.69. The average Bonchev–Trinajstić information content (AvgIpc) is 3.02. The molecule has 2 heterocycles. The summed E-state index contributed by atoms with van der Waals surface area (Å²) < 4.78 is 4.83. The number of fused-ring (bicyclic) bond motifs is 1. The number of hydroxylamine groups is 2. The number of hydrogen-bond acceptors (Lipinski definition) is 5. The predicted molar refractivity (Wildman–Crippen MR) is 78.4 cm³/mol. The van der Waals surface area contributed by atoms with E-state index in [9.17, 15) is 4.79 Å². The number of hydrogen-bond donors (Lipinski definition) is 0. The highest BCUT2D eigenvalue weighted by atomic mass is 16.8. The number of benzene rings is 1. The third-order valence-electron chi connectivity index (χ3n) is 4.32. The van der Waals surface area contributed by atoms with Gasteiger partial charge in [-0.2, -0.15) is 0 Å². The highest BCUT2D eigenvalue weighted by Gasteiger charge is 2.42. The van der Waals surface area contributed by atoms with Crippen LogP contribution in [0, 0.1) is 5.92 Å².